The molecule has 0 aliphatic carbocycles. The van der Waals surface area contributed by atoms with Gasteiger partial charge in [-0.25, -0.2) is 13.7 Å². The molecule has 0 unspecified atom stereocenters. The monoisotopic (exact) mass is 396 g/mol. The number of halogens is 1. The average molecular weight is 396 g/mol. The summed E-state index contributed by atoms with van der Waals surface area (Å²) in [5.74, 6) is -2.17. The Balaban J connectivity index is 1.82. The molecule has 0 saturated carbocycles. The van der Waals surface area contributed by atoms with Gasteiger partial charge in [-0.05, 0) is 42.7 Å². The van der Waals surface area contributed by atoms with Crippen LogP contribution in [-0.4, -0.2) is 33.1 Å². The molecule has 1 aliphatic heterocycles. The number of carbonyl (C=O) groups excluding carboxylic acids is 1. The molecule has 1 aromatic carbocycles. The summed E-state index contributed by atoms with van der Waals surface area (Å²) in [6.45, 7) is 2.23. The molecule has 29 heavy (non-hydrogen) atoms. The summed E-state index contributed by atoms with van der Waals surface area (Å²) in [4.78, 5) is 25.6. The van der Waals surface area contributed by atoms with Gasteiger partial charge in [0.2, 0.25) is 5.91 Å². The van der Waals surface area contributed by atoms with Gasteiger partial charge in [0, 0.05) is 18.4 Å². The van der Waals surface area contributed by atoms with Gasteiger partial charge in [0.1, 0.15) is 11.4 Å². The van der Waals surface area contributed by atoms with E-state index in [1.807, 2.05) is 24.0 Å². The van der Waals surface area contributed by atoms with Crippen LogP contribution in [0.5, 0.6) is 0 Å². The predicted molar refractivity (Wildman–Crippen MR) is 105 cm³/mol. The van der Waals surface area contributed by atoms with Crippen molar-refractivity contribution in [2.75, 3.05) is 11.4 Å². The number of fused-ring (bicyclic) bond motifs is 1. The van der Waals surface area contributed by atoms with Gasteiger partial charge in [-0.2, -0.15) is 5.10 Å². The van der Waals surface area contributed by atoms with E-state index < -0.39 is 11.9 Å². The van der Waals surface area contributed by atoms with Gasteiger partial charge in [0.25, 0.3) is 0 Å². The SMILES string of the molecule is CCc1nn2ccc(N3C[C@@H](C(N)=O)C[C@@H]3c3cccc(F)c3)cc2c1C(=O)O. The fourth-order valence-electron chi connectivity index (χ4n) is 4.10. The van der Waals surface area contributed by atoms with Gasteiger partial charge in [-0.15, -0.1) is 0 Å². The minimum absolute atomic E-state index is 0.169. The van der Waals surface area contributed by atoms with E-state index in [2.05, 4.69) is 5.10 Å². The van der Waals surface area contributed by atoms with Crippen molar-refractivity contribution < 1.29 is 19.1 Å². The van der Waals surface area contributed by atoms with Crippen LogP contribution in [0.3, 0.4) is 0 Å². The molecule has 1 saturated heterocycles. The van der Waals surface area contributed by atoms with Gasteiger partial charge in [0.15, 0.2) is 0 Å². The maximum Gasteiger partial charge on any atom is 0.339 e. The normalized spacial score (nSPS) is 19.0. The van der Waals surface area contributed by atoms with Gasteiger partial charge in [-0.1, -0.05) is 19.1 Å². The first-order chi connectivity index (χ1) is 13.9. The lowest BCUT2D eigenvalue weighted by Gasteiger charge is -2.27. The molecule has 1 amide bonds. The Kier molecular flexibility index (Phi) is 4.70. The lowest BCUT2D eigenvalue weighted by atomic mass is 9.99. The summed E-state index contributed by atoms with van der Waals surface area (Å²) in [7, 11) is 0. The Morgan fingerprint density at radius 1 is 1.31 bits per heavy atom. The lowest BCUT2D eigenvalue weighted by molar-refractivity contribution is -0.121. The average Bonchev–Trinajstić information content (AvgIpc) is 3.29. The molecule has 0 bridgehead atoms. The van der Waals surface area contributed by atoms with Crippen molar-refractivity contribution in [3.8, 4) is 0 Å². The zero-order valence-electron chi connectivity index (χ0n) is 15.9. The first-order valence-electron chi connectivity index (χ1n) is 9.45. The standard InChI is InChI=1S/C21H21FN4O3/c1-2-16-19(21(28)29)18-10-15(6-7-26(18)24-16)25-11-13(20(23)27)9-17(25)12-4-3-5-14(22)8-12/h3-8,10,13,17H,2,9,11H2,1H3,(H2,23,27)(H,28,29)/t13-,17+/m0/s1. The number of rotatable bonds is 5. The van der Waals surface area contributed by atoms with Crippen molar-refractivity contribution >= 4 is 23.1 Å². The number of aromatic nitrogens is 2. The summed E-state index contributed by atoms with van der Waals surface area (Å²) in [5, 5.41) is 14.0. The number of anilines is 1. The van der Waals surface area contributed by atoms with Crippen molar-refractivity contribution in [2.24, 2.45) is 11.7 Å². The second-order valence-corrected chi connectivity index (χ2v) is 7.25. The first kappa shape index (κ1) is 18.9. The molecule has 8 heteroatoms. The highest BCUT2D eigenvalue weighted by molar-refractivity contribution is 5.97. The maximum absolute atomic E-state index is 13.8. The molecule has 1 aliphatic rings. The van der Waals surface area contributed by atoms with Crippen molar-refractivity contribution in [1.82, 2.24) is 9.61 Å². The number of carboxylic acids is 1. The number of aromatic carboxylic acids is 1. The summed E-state index contributed by atoms with van der Waals surface area (Å²) in [6, 6.07) is 9.61. The number of pyridine rings is 1. The van der Waals surface area contributed by atoms with E-state index in [-0.39, 0.29) is 23.3 Å². The molecule has 1 fully saturated rings. The van der Waals surface area contributed by atoms with E-state index in [1.54, 1.807) is 22.8 Å². The maximum atomic E-state index is 13.8. The molecule has 3 aromatic rings. The van der Waals surface area contributed by atoms with Crippen molar-refractivity contribution in [1.29, 1.82) is 0 Å². The summed E-state index contributed by atoms with van der Waals surface area (Å²) >= 11 is 0. The molecule has 0 spiro atoms. The Bertz CT molecular complexity index is 1110. The van der Waals surface area contributed by atoms with Crippen LogP contribution in [0.1, 0.15) is 41.0 Å². The highest BCUT2D eigenvalue weighted by atomic mass is 19.1. The fourth-order valence-corrected chi connectivity index (χ4v) is 4.10. The molecular formula is C21H21FN4O3. The van der Waals surface area contributed by atoms with Crippen molar-refractivity contribution in [3.63, 3.8) is 0 Å². The lowest BCUT2D eigenvalue weighted by Crippen LogP contribution is -2.28. The Labute approximate surface area is 166 Å². The minimum Gasteiger partial charge on any atom is -0.478 e. The zero-order valence-corrected chi connectivity index (χ0v) is 15.9. The molecular weight excluding hydrogens is 375 g/mol. The molecule has 2 aromatic heterocycles. The number of hydrogen-bond donors (Lipinski definition) is 2. The quantitative estimate of drug-likeness (QED) is 0.691. The molecule has 3 N–H and O–H groups in total. The number of aryl methyl sites for hydroxylation is 1. The minimum atomic E-state index is -1.04. The topological polar surface area (TPSA) is 101 Å². The summed E-state index contributed by atoms with van der Waals surface area (Å²) < 4.78 is 15.4. The van der Waals surface area contributed by atoms with Crippen LogP contribution in [0.15, 0.2) is 42.6 Å². The largest absolute Gasteiger partial charge is 0.478 e. The van der Waals surface area contributed by atoms with Gasteiger partial charge in [0.05, 0.1) is 23.2 Å². The molecule has 4 rings (SSSR count). The van der Waals surface area contributed by atoms with Crippen LogP contribution in [0.4, 0.5) is 10.1 Å². The first-order valence-corrected chi connectivity index (χ1v) is 9.45. The van der Waals surface area contributed by atoms with E-state index in [0.717, 1.165) is 11.3 Å². The van der Waals surface area contributed by atoms with Crippen LogP contribution in [0.25, 0.3) is 5.52 Å². The van der Waals surface area contributed by atoms with Crippen LogP contribution in [0.2, 0.25) is 0 Å². The predicted octanol–water partition coefficient (Wildman–Crippen LogP) is 2.79. The van der Waals surface area contributed by atoms with E-state index in [4.69, 9.17) is 5.73 Å². The smallest absolute Gasteiger partial charge is 0.339 e. The number of hydrogen-bond acceptors (Lipinski definition) is 4. The number of carboxylic acid groups (broad SMARTS) is 1. The third-order valence-electron chi connectivity index (χ3n) is 5.51. The van der Waals surface area contributed by atoms with Crippen LogP contribution in [-0.2, 0) is 11.2 Å². The highest BCUT2D eigenvalue weighted by Crippen LogP contribution is 2.39. The van der Waals surface area contributed by atoms with Gasteiger partial charge < -0.3 is 15.7 Å². The number of amides is 1. The number of nitrogens with zero attached hydrogens (tertiary/aromatic N) is 3. The van der Waals surface area contributed by atoms with Crippen molar-refractivity contribution in [2.45, 2.75) is 25.8 Å². The third-order valence-corrected chi connectivity index (χ3v) is 5.51. The second-order valence-electron chi connectivity index (χ2n) is 7.25. The van der Waals surface area contributed by atoms with E-state index in [1.165, 1.54) is 12.1 Å². The van der Waals surface area contributed by atoms with Crippen LogP contribution in [0, 0.1) is 11.7 Å². The molecule has 0 radical (unpaired) electrons. The van der Waals surface area contributed by atoms with Crippen molar-refractivity contribution in [3.05, 3.63) is 65.2 Å². The molecule has 3 heterocycles. The highest BCUT2D eigenvalue weighted by Gasteiger charge is 2.36. The van der Waals surface area contributed by atoms with Gasteiger partial charge >= 0.3 is 5.97 Å². The summed E-state index contributed by atoms with van der Waals surface area (Å²) in [6.07, 6.45) is 2.67. The van der Waals surface area contributed by atoms with E-state index in [9.17, 15) is 19.1 Å². The fraction of sp³-hybridized carbons (Fsp3) is 0.286. The number of nitrogens with two attached hydrogens (primary N) is 1. The Hall–Kier alpha value is -3.42. The van der Waals surface area contributed by atoms with E-state index in [0.29, 0.717) is 30.6 Å². The Morgan fingerprint density at radius 3 is 2.76 bits per heavy atom. The number of carbonyl (C=O) groups is 2. The zero-order chi connectivity index (χ0) is 20.7. The Morgan fingerprint density at radius 2 is 2.10 bits per heavy atom. The molecule has 150 valence electrons. The van der Waals surface area contributed by atoms with Crippen LogP contribution < -0.4 is 10.6 Å². The number of benzene rings is 1. The van der Waals surface area contributed by atoms with Crippen LogP contribution >= 0.6 is 0 Å². The van der Waals surface area contributed by atoms with E-state index >= 15 is 0 Å². The molecule has 2 atom stereocenters. The van der Waals surface area contributed by atoms with Gasteiger partial charge in [-0.3, -0.25) is 4.79 Å². The summed E-state index contributed by atoms with van der Waals surface area (Å²) in [5.41, 5.74) is 8.19. The third kappa shape index (κ3) is 3.30. The number of primary amides is 1. The second kappa shape index (κ2) is 7.20. The molecule has 7 nitrogen and oxygen atoms in total.